The van der Waals surface area contributed by atoms with Gasteiger partial charge in [-0.3, -0.25) is 0 Å². The number of rotatable bonds is 2. The molecule has 0 aliphatic heterocycles. The van der Waals surface area contributed by atoms with Gasteiger partial charge < -0.3 is 15.1 Å². The Kier molecular flexibility index (Phi) is 20.9. The van der Waals surface area contributed by atoms with Crippen molar-refractivity contribution in [2.24, 2.45) is 0 Å². The molecule has 0 amide bonds. The smallest absolute Gasteiger partial charge is 0.140 e. The Balaban J connectivity index is -0.000000313. The first-order chi connectivity index (χ1) is 8.99. The summed E-state index contributed by atoms with van der Waals surface area (Å²) in [5.74, 6) is 0. The second-order valence-electron chi connectivity index (χ2n) is 3.88. The van der Waals surface area contributed by atoms with E-state index in [0.29, 0.717) is 0 Å². The minimum atomic E-state index is -0.750. The molecule has 0 aliphatic carbocycles. The average molecular weight is 271 g/mol. The van der Waals surface area contributed by atoms with E-state index in [1.54, 1.807) is 0 Å². The number of hydrogen-bond acceptors (Lipinski definition) is 3. The second-order valence-corrected chi connectivity index (χ2v) is 3.88. The zero-order chi connectivity index (χ0) is 15.8. The fourth-order valence-corrected chi connectivity index (χ4v) is 1.53. The second kappa shape index (κ2) is 17.1. The molecule has 0 spiro atoms. The van der Waals surface area contributed by atoms with Crippen LogP contribution in [0.5, 0.6) is 0 Å². The van der Waals surface area contributed by atoms with Gasteiger partial charge in [0.2, 0.25) is 0 Å². The van der Waals surface area contributed by atoms with Crippen LogP contribution in [0.3, 0.4) is 0 Å². The van der Waals surface area contributed by atoms with Crippen LogP contribution in [0.4, 0.5) is 0 Å². The average Bonchev–Trinajstić information content (AvgIpc) is 2.33. The Morgan fingerprint density at radius 2 is 1.16 bits per heavy atom. The maximum atomic E-state index is 7.12. The molecule has 0 bridgehead atoms. The molecule has 1 aromatic carbocycles. The van der Waals surface area contributed by atoms with E-state index in [2.05, 4.69) is 51.0 Å². The lowest BCUT2D eigenvalue weighted by molar-refractivity contribution is 0.0773. The molecular weight excluding hydrogens is 238 g/mol. The number of aryl methyl sites for hydroxylation is 2. The van der Waals surface area contributed by atoms with Crippen molar-refractivity contribution in [3.05, 3.63) is 34.9 Å². The molecule has 0 saturated carbocycles. The quantitative estimate of drug-likeness (QED) is 0.811. The molecule has 0 atom stereocenters. The Morgan fingerprint density at radius 1 is 0.842 bits per heavy atom. The molecule has 19 heavy (non-hydrogen) atoms. The van der Waals surface area contributed by atoms with E-state index in [4.69, 9.17) is 10.2 Å². The zero-order valence-corrected chi connectivity index (χ0v) is 14.0. The fraction of sp³-hybridized carbons (Fsp3) is 0.625. The van der Waals surface area contributed by atoms with Gasteiger partial charge in [0.15, 0.2) is 0 Å². The highest BCUT2D eigenvalue weighted by Crippen LogP contribution is 2.09. The van der Waals surface area contributed by atoms with Gasteiger partial charge in [-0.05, 0) is 33.5 Å². The van der Waals surface area contributed by atoms with Crippen LogP contribution < -0.4 is 0 Å². The minimum absolute atomic E-state index is 0.750. The summed E-state index contributed by atoms with van der Waals surface area (Å²) in [5.41, 5.74) is 4.11. The zero-order valence-electron chi connectivity index (χ0n) is 14.0. The van der Waals surface area contributed by atoms with Gasteiger partial charge >= 0.3 is 0 Å². The molecule has 0 aliphatic rings. The molecule has 0 aromatic heterocycles. The van der Waals surface area contributed by atoms with Crippen LogP contribution in [0.1, 0.15) is 44.4 Å². The molecule has 0 radical (unpaired) electrons. The lowest BCUT2D eigenvalue weighted by Gasteiger charge is -2.10. The largest absolute Gasteiger partial charge is 0.371 e. The molecule has 3 heteroatoms. The molecule has 3 nitrogen and oxygen atoms in total. The molecule has 1 rings (SSSR count). The highest BCUT2D eigenvalue weighted by molar-refractivity contribution is 5.28. The SMILES string of the molecule is CC.CC.Cc1cc(C)cc(CN(C)C)c1.OCO. The van der Waals surface area contributed by atoms with Crippen molar-refractivity contribution in [3.8, 4) is 0 Å². The number of benzene rings is 1. The molecule has 0 unspecified atom stereocenters. The van der Waals surface area contributed by atoms with E-state index in [0.717, 1.165) is 6.54 Å². The third-order valence-electron chi connectivity index (χ3n) is 1.78. The van der Waals surface area contributed by atoms with Gasteiger partial charge in [0.25, 0.3) is 0 Å². The van der Waals surface area contributed by atoms with Crippen molar-refractivity contribution >= 4 is 0 Å². The van der Waals surface area contributed by atoms with E-state index in [1.165, 1.54) is 16.7 Å². The van der Waals surface area contributed by atoms with Crippen LogP contribution in [-0.2, 0) is 6.54 Å². The van der Waals surface area contributed by atoms with Crippen LogP contribution in [0.2, 0.25) is 0 Å². The number of nitrogens with zero attached hydrogens (tertiary/aromatic N) is 1. The van der Waals surface area contributed by atoms with Gasteiger partial charge in [-0.25, -0.2) is 0 Å². The first kappa shape index (κ1) is 23.2. The minimum Gasteiger partial charge on any atom is -0.371 e. The van der Waals surface area contributed by atoms with Gasteiger partial charge in [0, 0.05) is 6.54 Å². The number of aliphatic hydroxyl groups excluding tert-OH is 1. The first-order valence-corrected chi connectivity index (χ1v) is 6.93. The molecule has 0 fully saturated rings. The van der Waals surface area contributed by atoms with Crippen molar-refractivity contribution in [3.63, 3.8) is 0 Å². The predicted molar refractivity (Wildman–Crippen MR) is 85.3 cm³/mol. The van der Waals surface area contributed by atoms with Gasteiger partial charge in [-0.2, -0.15) is 0 Å². The number of hydrogen-bond donors (Lipinski definition) is 2. The lowest BCUT2D eigenvalue weighted by atomic mass is 10.1. The normalized spacial score (nSPS) is 8.37. The maximum Gasteiger partial charge on any atom is 0.140 e. The van der Waals surface area contributed by atoms with E-state index >= 15 is 0 Å². The standard InChI is InChI=1S/C11H17N.2C2H6.CH4O2/c1-9-5-10(2)7-11(6-9)8-12(3)4;2*1-2;2-1-3/h5-7H,8H2,1-4H3;2*1-2H3;2-3H,1H2. The molecule has 0 heterocycles. The van der Waals surface area contributed by atoms with Crippen molar-refractivity contribution in [2.45, 2.75) is 48.1 Å². The third kappa shape index (κ3) is 17.1. The Hall–Kier alpha value is -0.900. The van der Waals surface area contributed by atoms with E-state index in [-0.39, 0.29) is 0 Å². The van der Waals surface area contributed by atoms with Crippen LogP contribution in [-0.4, -0.2) is 36.0 Å². The fourth-order valence-electron chi connectivity index (χ4n) is 1.53. The van der Waals surface area contributed by atoms with Gasteiger partial charge in [-0.15, -0.1) is 0 Å². The van der Waals surface area contributed by atoms with Crippen LogP contribution in [0.25, 0.3) is 0 Å². The Morgan fingerprint density at radius 3 is 1.42 bits per heavy atom. The monoisotopic (exact) mass is 271 g/mol. The Labute approximate surface area is 119 Å². The van der Waals surface area contributed by atoms with Gasteiger partial charge in [0.1, 0.15) is 6.79 Å². The summed E-state index contributed by atoms with van der Waals surface area (Å²) in [4.78, 5) is 2.19. The predicted octanol–water partition coefficient (Wildman–Crippen LogP) is 3.35. The third-order valence-corrected chi connectivity index (χ3v) is 1.78. The van der Waals surface area contributed by atoms with Crippen LogP contribution in [0.15, 0.2) is 18.2 Å². The summed E-state index contributed by atoms with van der Waals surface area (Å²) < 4.78 is 0. The van der Waals surface area contributed by atoms with Gasteiger partial charge in [0.05, 0.1) is 0 Å². The lowest BCUT2D eigenvalue weighted by Crippen LogP contribution is -2.10. The van der Waals surface area contributed by atoms with E-state index in [9.17, 15) is 0 Å². The van der Waals surface area contributed by atoms with E-state index < -0.39 is 6.79 Å². The molecule has 2 N–H and O–H groups in total. The van der Waals surface area contributed by atoms with Crippen LogP contribution in [0, 0.1) is 13.8 Å². The Bertz CT molecular complexity index is 266. The van der Waals surface area contributed by atoms with E-state index in [1.807, 2.05) is 27.7 Å². The molecular formula is C16H33NO2. The van der Waals surface area contributed by atoms with Crippen molar-refractivity contribution in [1.82, 2.24) is 4.90 Å². The number of aliphatic hydroxyl groups is 2. The topological polar surface area (TPSA) is 43.7 Å². The molecule has 0 saturated heterocycles. The summed E-state index contributed by atoms with van der Waals surface area (Å²) in [6, 6.07) is 6.69. The maximum absolute atomic E-state index is 7.12. The summed E-state index contributed by atoms with van der Waals surface area (Å²) in [6.07, 6.45) is 0. The summed E-state index contributed by atoms with van der Waals surface area (Å²) in [6.45, 7) is 12.6. The van der Waals surface area contributed by atoms with Crippen LogP contribution >= 0.6 is 0 Å². The highest BCUT2D eigenvalue weighted by Gasteiger charge is 1.96. The molecule has 1 aromatic rings. The van der Waals surface area contributed by atoms with Crippen molar-refractivity contribution < 1.29 is 10.2 Å². The summed E-state index contributed by atoms with van der Waals surface area (Å²) >= 11 is 0. The first-order valence-electron chi connectivity index (χ1n) is 6.93. The van der Waals surface area contributed by atoms with Crippen molar-refractivity contribution in [1.29, 1.82) is 0 Å². The molecule has 114 valence electrons. The van der Waals surface area contributed by atoms with Gasteiger partial charge in [-0.1, -0.05) is 57.0 Å². The summed E-state index contributed by atoms with van der Waals surface area (Å²) in [7, 11) is 4.19. The summed E-state index contributed by atoms with van der Waals surface area (Å²) in [5, 5.41) is 14.2. The van der Waals surface area contributed by atoms with Crippen molar-refractivity contribution in [2.75, 3.05) is 20.9 Å². The highest BCUT2D eigenvalue weighted by atomic mass is 16.5.